The molecule has 5 nitrogen and oxygen atoms in total. The van der Waals surface area contributed by atoms with Gasteiger partial charge in [-0.3, -0.25) is 9.78 Å². The van der Waals surface area contributed by atoms with Crippen LogP contribution in [0.4, 0.5) is 0 Å². The molecule has 0 aliphatic carbocycles. The van der Waals surface area contributed by atoms with Crippen molar-refractivity contribution < 1.29 is 14.6 Å². The third-order valence-electron chi connectivity index (χ3n) is 2.35. The predicted molar refractivity (Wildman–Crippen MR) is 70.4 cm³/mol. The second-order valence-corrected chi connectivity index (χ2v) is 3.84. The highest BCUT2D eigenvalue weighted by atomic mass is 16.5. The lowest BCUT2D eigenvalue weighted by molar-refractivity contribution is 0.0950. The van der Waals surface area contributed by atoms with E-state index in [4.69, 9.17) is 4.74 Å². The summed E-state index contributed by atoms with van der Waals surface area (Å²) in [6, 6.07) is 9.63. The predicted octanol–water partition coefficient (Wildman–Crippen LogP) is 2.33. The number of aromatic nitrogens is 1. The summed E-state index contributed by atoms with van der Waals surface area (Å²) in [5, 5.41) is 12.0. The van der Waals surface area contributed by atoms with Crippen LogP contribution < -0.4 is 10.1 Å². The number of rotatable bonds is 4. The Kier molecular flexibility index (Phi) is 3.97. The molecule has 0 atom stereocenters. The molecule has 0 spiro atoms. The second kappa shape index (κ2) is 5.86. The van der Waals surface area contributed by atoms with E-state index in [1.165, 1.54) is 12.3 Å². The minimum absolute atomic E-state index is 0.121. The van der Waals surface area contributed by atoms with Gasteiger partial charge >= 0.3 is 0 Å². The van der Waals surface area contributed by atoms with Gasteiger partial charge < -0.3 is 15.2 Å². The molecule has 2 rings (SSSR count). The summed E-state index contributed by atoms with van der Waals surface area (Å²) in [5.41, 5.74) is 0.291. The average Bonchev–Trinajstić information content (AvgIpc) is 2.39. The molecule has 5 heteroatoms. The van der Waals surface area contributed by atoms with E-state index in [0.717, 1.165) is 0 Å². The van der Waals surface area contributed by atoms with Crippen LogP contribution in [0.5, 0.6) is 17.2 Å². The van der Waals surface area contributed by atoms with Gasteiger partial charge in [-0.25, -0.2) is 0 Å². The lowest BCUT2D eigenvalue weighted by atomic mass is 10.3. The van der Waals surface area contributed by atoms with Crippen molar-refractivity contribution in [2.45, 2.75) is 6.92 Å². The van der Waals surface area contributed by atoms with Gasteiger partial charge in [-0.1, -0.05) is 6.07 Å². The number of amides is 1. The molecule has 1 amide bonds. The number of aromatic hydroxyl groups is 1. The number of pyridine rings is 1. The Morgan fingerprint density at radius 2 is 2.11 bits per heavy atom. The molecule has 0 aliphatic rings. The first-order valence-electron chi connectivity index (χ1n) is 5.90. The van der Waals surface area contributed by atoms with Crippen LogP contribution in [0, 0.1) is 0 Å². The second-order valence-electron chi connectivity index (χ2n) is 3.84. The Bertz CT molecular complexity index is 584. The van der Waals surface area contributed by atoms with Gasteiger partial charge in [0.25, 0.3) is 5.91 Å². The number of carbonyl (C=O) groups excluding carboxylic acids is 1. The molecular formula is C14H14N2O3. The van der Waals surface area contributed by atoms with E-state index in [1.54, 1.807) is 30.3 Å². The first-order valence-corrected chi connectivity index (χ1v) is 5.90. The third kappa shape index (κ3) is 3.45. The summed E-state index contributed by atoms with van der Waals surface area (Å²) in [4.78, 5) is 15.6. The largest absolute Gasteiger partial charge is 0.508 e. The van der Waals surface area contributed by atoms with Gasteiger partial charge in [-0.15, -0.1) is 0 Å². The van der Waals surface area contributed by atoms with E-state index in [2.05, 4.69) is 10.3 Å². The van der Waals surface area contributed by atoms with Crippen molar-refractivity contribution in [1.82, 2.24) is 10.3 Å². The summed E-state index contributed by atoms with van der Waals surface area (Å²) in [6.07, 6.45) is 1.50. The van der Waals surface area contributed by atoms with Gasteiger partial charge in [0, 0.05) is 24.9 Å². The monoisotopic (exact) mass is 258 g/mol. The van der Waals surface area contributed by atoms with Crippen LogP contribution in [0.2, 0.25) is 0 Å². The number of phenols is 1. The molecular weight excluding hydrogens is 244 g/mol. The number of nitrogens with zero attached hydrogens (tertiary/aromatic N) is 1. The number of hydrogen-bond acceptors (Lipinski definition) is 4. The van der Waals surface area contributed by atoms with Gasteiger partial charge in [0.1, 0.15) is 22.9 Å². The molecule has 0 saturated heterocycles. The summed E-state index contributed by atoms with van der Waals surface area (Å²) < 4.78 is 5.55. The molecule has 98 valence electrons. The molecule has 1 aromatic heterocycles. The Hall–Kier alpha value is -2.56. The van der Waals surface area contributed by atoms with Crippen LogP contribution in [0.25, 0.3) is 0 Å². The van der Waals surface area contributed by atoms with E-state index >= 15 is 0 Å². The first-order chi connectivity index (χ1) is 9.19. The number of hydrogen-bond donors (Lipinski definition) is 2. The maximum atomic E-state index is 11.6. The van der Waals surface area contributed by atoms with Crippen molar-refractivity contribution in [1.29, 1.82) is 0 Å². The fourth-order valence-electron chi connectivity index (χ4n) is 1.53. The van der Waals surface area contributed by atoms with Crippen molar-refractivity contribution >= 4 is 5.91 Å². The maximum absolute atomic E-state index is 11.6. The minimum atomic E-state index is -0.246. The minimum Gasteiger partial charge on any atom is -0.508 e. The standard InChI is InChI=1S/C14H14N2O3/c1-2-15-14(18)13-9-12(6-7-16-13)19-11-5-3-4-10(17)8-11/h3-9,17H,2H2,1H3,(H,15,18). The highest BCUT2D eigenvalue weighted by Gasteiger charge is 2.07. The fourth-order valence-corrected chi connectivity index (χ4v) is 1.53. The SMILES string of the molecule is CCNC(=O)c1cc(Oc2cccc(O)c2)ccn1. The van der Waals surface area contributed by atoms with Crippen LogP contribution in [0.3, 0.4) is 0 Å². The molecule has 1 heterocycles. The molecule has 2 N–H and O–H groups in total. The van der Waals surface area contributed by atoms with Crippen LogP contribution in [-0.2, 0) is 0 Å². The molecule has 19 heavy (non-hydrogen) atoms. The van der Waals surface area contributed by atoms with E-state index < -0.39 is 0 Å². The summed E-state index contributed by atoms with van der Waals surface area (Å²) >= 11 is 0. The van der Waals surface area contributed by atoms with Crippen LogP contribution >= 0.6 is 0 Å². The van der Waals surface area contributed by atoms with Gasteiger partial charge in [-0.05, 0) is 25.1 Å². The highest BCUT2D eigenvalue weighted by molar-refractivity contribution is 5.92. The zero-order valence-electron chi connectivity index (χ0n) is 10.5. The van der Waals surface area contributed by atoms with E-state index in [0.29, 0.717) is 23.7 Å². The zero-order valence-corrected chi connectivity index (χ0v) is 10.5. The Labute approximate surface area is 110 Å². The normalized spacial score (nSPS) is 9.95. The maximum Gasteiger partial charge on any atom is 0.270 e. The van der Waals surface area contributed by atoms with E-state index in [1.807, 2.05) is 6.92 Å². The van der Waals surface area contributed by atoms with Crippen molar-refractivity contribution in [2.75, 3.05) is 6.54 Å². The zero-order chi connectivity index (χ0) is 13.7. The highest BCUT2D eigenvalue weighted by Crippen LogP contribution is 2.24. The summed E-state index contributed by atoms with van der Waals surface area (Å²) in [7, 11) is 0. The van der Waals surface area contributed by atoms with Crippen molar-refractivity contribution in [3.05, 3.63) is 48.3 Å². The van der Waals surface area contributed by atoms with E-state index in [-0.39, 0.29) is 11.7 Å². The lowest BCUT2D eigenvalue weighted by Gasteiger charge is -2.07. The molecule has 1 aromatic carbocycles. The average molecular weight is 258 g/mol. The number of ether oxygens (including phenoxy) is 1. The summed E-state index contributed by atoms with van der Waals surface area (Å²) in [6.45, 7) is 2.38. The molecule has 0 aliphatic heterocycles. The van der Waals surface area contributed by atoms with Crippen LogP contribution in [0.1, 0.15) is 17.4 Å². The number of benzene rings is 1. The van der Waals surface area contributed by atoms with Crippen molar-refractivity contribution in [3.8, 4) is 17.2 Å². The smallest absolute Gasteiger partial charge is 0.270 e. The van der Waals surface area contributed by atoms with Gasteiger partial charge in [0.05, 0.1) is 0 Å². The number of carbonyl (C=O) groups is 1. The Morgan fingerprint density at radius 3 is 2.84 bits per heavy atom. The van der Waals surface area contributed by atoms with Gasteiger partial charge in [0.15, 0.2) is 0 Å². The number of phenolic OH excluding ortho intramolecular Hbond substituents is 1. The fraction of sp³-hybridized carbons (Fsp3) is 0.143. The third-order valence-corrected chi connectivity index (χ3v) is 2.35. The first kappa shape index (κ1) is 12.9. The van der Waals surface area contributed by atoms with Crippen LogP contribution in [0.15, 0.2) is 42.6 Å². The topological polar surface area (TPSA) is 71.5 Å². The number of nitrogens with one attached hydrogen (secondary N) is 1. The Balaban J connectivity index is 2.17. The molecule has 0 radical (unpaired) electrons. The summed E-state index contributed by atoms with van der Waals surface area (Å²) in [5.74, 6) is 0.856. The molecule has 2 aromatic rings. The van der Waals surface area contributed by atoms with Crippen LogP contribution in [-0.4, -0.2) is 22.5 Å². The van der Waals surface area contributed by atoms with Crippen molar-refractivity contribution in [2.24, 2.45) is 0 Å². The van der Waals surface area contributed by atoms with E-state index in [9.17, 15) is 9.90 Å². The quantitative estimate of drug-likeness (QED) is 0.882. The Morgan fingerprint density at radius 1 is 1.32 bits per heavy atom. The van der Waals surface area contributed by atoms with Crippen molar-refractivity contribution in [3.63, 3.8) is 0 Å². The van der Waals surface area contributed by atoms with Gasteiger partial charge in [0.2, 0.25) is 0 Å². The lowest BCUT2D eigenvalue weighted by Crippen LogP contribution is -2.23. The molecule has 0 bridgehead atoms. The molecule has 0 unspecified atom stereocenters. The molecule has 0 saturated carbocycles. The molecule has 0 fully saturated rings. The van der Waals surface area contributed by atoms with Gasteiger partial charge in [-0.2, -0.15) is 0 Å².